The molecular formula is C14H18N4O3. The Morgan fingerprint density at radius 1 is 1.48 bits per heavy atom. The lowest BCUT2D eigenvalue weighted by atomic mass is 10.0. The molecule has 1 heterocycles. The Labute approximate surface area is 122 Å². The Morgan fingerprint density at radius 3 is 2.86 bits per heavy atom. The molecule has 2 rings (SSSR count). The lowest BCUT2D eigenvalue weighted by molar-refractivity contribution is -0.384. The minimum Gasteiger partial charge on any atom is -0.339 e. The van der Waals surface area contributed by atoms with E-state index < -0.39 is 4.92 Å². The maximum atomic E-state index is 10.9. The van der Waals surface area contributed by atoms with Crippen LogP contribution >= 0.6 is 0 Å². The highest BCUT2D eigenvalue weighted by atomic mass is 16.6. The fraction of sp³-hybridized carbons (Fsp3) is 0.429. The third-order valence-electron chi connectivity index (χ3n) is 3.39. The van der Waals surface area contributed by atoms with E-state index in [9.17, 15) is 10.1 Å². The molecule has 0 radical (unpaired) electrons. The summed E-state index contributed by atoms with van der Waals surface area (Å²) < 4.78 is 5.27. The quantitative estimate of drug-likeness (QED) is 0.647. The zero-order chi connectivity index (χ0) is 15.4. The Hall–Kier alpha value is -2.28. The highest BCUT2D eigenvalue weighted by molar-refractivity contribution is 5.63. The first-order valence-electron chi connectivity index (χ1n) is 6.85. The summed E-state index contributed by atoms with van der Waals surface area (Å²) in [6.45, 7) is 4.34. The maximum absolute atomic E-state index is 10.9. The van der Waals surface area contributed by atoms with Gasteiger partial charge in [-0.25, -0.2) is 0 Å². The van der Waals surface area contributed by atoms with E-state index in [1.54, 1.807) is 6.07 Å². The third-order valence-corrected chi connectivity index (χ3v) is 3.39. The van der Waals surface area contributed by atoms with Crippen molar-refractivity contribution in [2.45, 2.75) is 32.6 Å². The summed E-state index contributed by atoms with van der Waals surface area (Å²) in [5, 5.41) is 14.8. The summed E-state index contributed by atoms with van der Waals surface area (Å²) in [4.78, 5) is 14.8. The summed E-state index contributed by atoms with van der Waals surface area (Å²) in [5.41, 5.74) is 7.18. The Bertz CT molecular complexity index is 639. The standard InChI is InChI=1S/C14H18N4O3/c1-3-4-10(8-15)14-16-13(17-21-14)12-7-11(18(19)20)6-5-9(12)2/h5-7,10H,3-4,8,15H2,1-2H3. The molecule has 1 atom stereocenters. The Balaban J connectivity index is 2.37. The molecule has 0 amide bonds. The van der Waals surface area contributed by atoms with Gasteiger partial charge in [-0.3, -0.25) is 10.1 Å². The molecule has 0 aliphatic carbocycles. The molecule has 0 saturated carbocycles. The number of non-ortho nitro benzene ring substituents is 1. The number of nitrogens with two attached hydrogens (primary N) is 1. The fourth-order valence-electron chi connectivity index (χ4n) is 2.17. The van der Waals surface area contributed by atoms with E-state index in [1.165, 1.54) is 12.1 Å². The van der Waals surface area contributed by atoms with Gasteiger partial charge in [0.25, 0.3) is 5.69 Å². The minimum atomic E-state index is -0.441. The number of hydrogen-bond acceptors (Lipinski definition) is 6. The van der Waals surface area contributed by atoms with E-state index in [0.717, 1.165) is 18.4 Å². The molecule has 1 aromatic heterocycles. The second kappa shape index (κ2) is 6.45. The first-order valence-corrected chi connectivity index (χ1v) is 6.85. The molecule has 1 aromatic carbocycles. The molecule has 2 N–H and O–H groups in total. The summed E-state index contributed by atoms with van der Waals surface area (Å²) >= 11 is 0. The molecule has 1 unspecified atom stereocenters. The van der Waals surface area contributed by atoms with Gasteiger partial charge in [-0.15, -0.1) is 0 Å². The second-order valence-electron chi connectivity index (χ2n) is 4.93. The number of nitro benzene ring substituents is 1. The molecule has 0 spiro atoms. The van der Waals surface area contributed by atoms with Crippen LogP contribution in [0.15, 0.2) is 22.7 Å². The van der Waals surface area contributed by atoms with Gasteiger partial charge in [-0.05, 0) is 18.9 Å². The maximum Gasteiger partial charge on any atom is 0.270 e. The van der Waals surface area contributed by atoms with Crippen LogP contribution < -0.4 is 5.73 Å². The lowest BCUT2D eigenvalue weighted by Crippen LogP contribution is -2.12. The van der Waals surface area contributed by atoms with Crippen molar-refractivity contribution in [1.82, 2.24) is 10.1 Å². The van der Waals surface area contributed by atoms with Gasteiger partial charge in [0.15, 0.2) is 0 Å². The van der Waals surface area contributed by atoms with Crippen molar-refractivity contribution in [3.05, 3.63) is 39.8 Å². The van der Waals surface area contributed by atoms with Crippen LogP contribution in [-0.4, -0.2) is 21.6 Å². The molecule has 0 aliphatic rings. The summed E-state index contributed by atoms with van der Waals surface area (Å²) in [5.74, 6) is 0.872. The highest BCUT2D eigenvalue weighted by Gasteiger charge is 2.19. The first kappa shape index (κ1) is 15.1. The van der Waals surface area contributed by atoms with Gasteiger partial charge in [0.1, 0.15) is 0 Å². The molecule has 0 saturated heterocycles. The van der Waals surface area contributed by atoms with Crippen LogP contribution in [0.3, 0.4) is 0 Å². The predicted octanol–water partition coefficient (Wildman–Crippen LogP) is 2.80. The Kier molecular flexibility index (Phi) is 4.64. The van der Waals surface area contributed by atoms with E-state index in [-0.39, 0.29) is 11.6 Å². The van der Waals surface area contributed by atoms with Crippen LogP contribution in [0.4, 0.5) is 5.69 Å². The molecule has 0 aliphatic heterocycles. The van der Waals surface area contributed by atoms with Crippen LogP contribution in [0.25, 0.3) is 11.4 Å². The van der Waals surface area contributed by atoms with Crippen LogP contribution in [0.5, 0.6) is 0 Å². The van der Waals surface area contributed by atoms with Gasteiger partial charge in [0.05, 0.1) is 10.8 Å². The number of nitro groups is 1. The second-order valence-corrected chi connectivity index (χ2v) is 4.93. The summed E-state index contributed by atoms with van der Waals surface area (Å²) in [6.07, 6.45) is 1.83. The van der Waals surface area contributed by atoms with Crippen molar-refractivity contribution < 1.29 is 9.45 Å². The van der Waals surface area contributed by atoms with Gasteiger partial charge >= 0.3 is 0 Å². The normalized spacial score (nSPS) is 12.3. The van der Waals surface area contributed by atoms with Crippen molar-refractivity contribution in [3.8, 4) is 11.4 Å². The summed E-state index contributed by atoms with van der Waals surface area (Å²) in [6, 6.07) is 4.59. The van der Waals surface area contributed by atoms with Crippen LogP contribution in [0, 0.1) is 17.0 Å². The largest absolute Gasteiger partial charge is 0.339 e. The molecule has 0 bridgehead atoms. The molecule has 7 nitrogen and oxygen atoms in total. The van der Waals surface area contributed by atoms with E-state index in [1.807, 2.05) is 6.92 Å². The number of nitrogens with zero attached hydrogens (tertiary/aromatic N) is 3. The van der Waals surface area contributed by atoms with E-state index >= 15 is 0 Å². The van der Waals surface area contributed by atoms with Crippen molar-refractivity contribution in [3.63, 3.8) is 0 Å². The van der Waals surface area contributed by atoms with Crippen LogP contribution in [0.1, 0.15) is 37.1 Å². The molecule has 21 heavy (non-hydrogen) atoms. The highest BCUT2D eigenvalue weighted by Crippen LogP contribution is 2.27. The average Bonchev–Trinajstić information content (AvgIpc) is 2.94. The van der Waals surface area contributed by atoms with Crippen LogP contribution in [-0.2, 0) is 0 Å². The SMILES string of the molecule is CCCC(CN)c1nc(-c2cc([N+](=O)[O-])ccc2C)no1. The Morgan fingerprint density at radius 2 is 2.24 bits per heavy atom. The third kappa shape index (κ3) is 3.25. The summed E-state index contributed by atoms with van der Waals surface area (Å²) in [7, 11) is 0. The fourth-order valence-corrected chi connectivity index (χ4v) is 2.17. The zero-order valence-electron chi connectivity index (χ0n) is 12.1. The molecule has 112 valence electrons. The van der Waals surface area contributed by atoms with E-state index in [0.29, 0.717) is 23.8 Å². The number of aromatic nitrogens is 2. The van der Waals surface area contributed by atoms with Gasteiger partial charge in [-0.2, -0.15) is 4.98 Å². The van der Waals surface area contributed by atoms with Crippen molar-refractivity contribution in [1.29, 1.82) is 0 Å². The number of hydrogen-bond donors (Lipinski definition) is 1. The van der Waals surface area contributed by atoms with Gasteiger partial charge in [0.2, 0.25) is 11.7 Å². The van der Waals surface area contributed by atoms with Crippen molar-refractivity contribution in [2.75, 3.05) is 6.54 Å². The topological polar surface area (TPSA) is 108 Å². The van der Waals surface area contributed by atoms with Crippen molar-refractivity contribution >= 4 is 5.69 Å². The molecule has 0 fully saturated rings. The van der Waals surface area contributed by atoms with Crippen molar-refractivity contribution in [2.24, 2.45) is 5.73 Å². The monoisotopic (exact) mass is 290 g/mol. The van der Waals surface area contributed by atoms with Crippen LogP contribution in [0.2, 0.25) is 0 Å². The minimum absolute atomic E-state index is 0.00545. The predicted molar refractivity (Wildman–Crippen MR) is 77.8 cm³/mol. The van der Waals surface area contributed by atoms with E-state index in [4.69, 9.17) is 10.3 Å². The lowest BCUT2D eigenvalue weighted by Gasteiger charge is -2.06. The number of aryl methyl sites for hydroxylation is 1. The molecular weight excluding hydrogens is 272 g/mol. The molecule has 2 aromatic rings. The zero-order valence-corrected chi connectivity index (χ0v) is 12.1. The smallest absolute Gasteiger partial charge is 0.270 e. The average molecular weight is 290 g/mol. The van der Waals surface area contributed by atoms with Gasteiger partial charge in [0, 0.05) is 24.2 Å². The van der Waals surface area contributed by atoms with Gasteiger partial charge < -0.3 is 10.3 Å². The number of benzene rings is 1. The number of rotatable bonds is 6. The first-order chi connectivity index (χ1) is 10.1. The van der Waals surface area contributed by atoms with E-state index in [2.05, 4.69) is 17.1 Å². The molecule has 7 heteroatoms. The van der Waals surface area contributed by atoms with Gasteiger partial charge in [-0.1, -0.05) is 24.6 Å².